The van der Waals surface area contributed by atoms with Crippen molar-refractivity contribution in [2.24, 2.45) is 0 Å². The van der Waals surface area contributed by atoms with Gasteiger partial charge in [-0.2, -0.15) is 0 Å². The molecule has 0 bridgehead atoms. The molecule has 6 nitrogen and oxygen atoms in total. The van der Waals surface area contributed by atoms with Crippen molar-refractivity contribution in [3.05, 3.63) is 52.5 Å². The molecule has 7 heteroatoms. The Morgan fingerprint density at radius 2 is 2.05 bits per heavy atom. The lowest BCUT2D eigenvalue weighted by molar-refractivity contribution is 0.0606. The number of rotatable bonds is 5. The summed E-state index contributed by atoms with van der Waals surface area (Å²) in [7, 11) is 1.36. The number of hydrogen-bond donors (Lipinski definition) is 0. The smallest absolute Gasteiger partial charge is 0.348 e. The highest BCUT2D eigenvalue weighted by molar-refractivity contribution is 7.13. The molecule has 0 aliphatic heterocycles. The summed E-state index contributed by atoms with van der Waals surface area (Å²) in [4.78, 5) is 12.9. The molecule has 2 aromatic heterocycles. The van der Waals surface area contributed by atoms with Crippen LogP contribution in [0.25, 0.3) is 11.5 Å². The lowest BCUT2D eigenvalue weighted by Gasteiger charge is -2.04. The molecular weight excluding hydrogens is 304 g/mol. The molecule has 0 amide bonds. The fourth-order valence-corrected chi connectivity index (χ4v) is 2.65. The standard InChI is InChI=1S/C15H12N2O4S/c1-19-15(18)13-7-6-12(22-13)8-20-11-4-2-10(3-5-11)14-17-16-9-21-14/h2-7,9H,8H2,1H3. The van der Waals surface area contributed by atoms with E-state index in [1.165, 1.54) is 24.8 Å². The van der Waals surface area contributed by atoms with Gasteiger partial charge in [-0.25, -0.2) is 4.79 Å². The first-order chi connectivity index (χ1) is 10.8. The number of carbonyl (C=O) groups is 1. The quantitative estimate of drug-likeness (QED) is 0.673. The molecular formula is C15H12N2O4S. The maximum Gasteiger partial charge on any atom is 0.348 e. The summed E-state index contributed by atoms with van der Waals surface area (Å²) in [5, 5.41) is 7.47. The highest BCUT2D eigenvalue weighted by Gasteiger charge is 2.09. The van der Waals surface area contributed by atoms with Crippen molar-refractivity contribution in [3.63, 3.8) is 0 Å². The Morgan fingerprint density at radius 1 is 1.23 bits per heavy atom. The summed E-state index contributed by atoms with van der Waals surface area (Å²) < 4.78 is 15.5. The molecule has 3 aromatic rings. The van der Waals surface area contributed by atoms with Crippen molar-refractivity contribution in [1.29, 1.82) is 0 Å². The van der Waals surface area contributed by atoms with Crippen LogP contribution in [0.15, 0.2) is 47.2 Å². The summed E-state index contributed by atoms with van der Waals surface area (Å²) >= 11 is 1.35. The normalized spacial score (nSPS) is 10.4. The minimum absolute atomic E-state index is 0.333. The van der Waals surface area contributed by atoms with E-state index in [9.17, 15) is 4.79 Å². The Labute approximate surface area is 130 Å². The summed E-state index contributed by atoms with van der Waals surface area (Å²) in [5.74, 6) is 0.851. The van der Waals surface area contributed by atoms with E-state index >= 15 is 0 Å². The van der Waals surface area contributed by atoms with Crippen LogP contribution in [-0.4, -0.2) is 23.3 Å². The number of benzene rings is 1. The van der Waals surface area contributed by atoms with E-state index in [1.54, 1.807) is 6.07 Å². The van der Waals surface area contributed by atoms with Crippen LogP contribution in [0.1, 0.15) is 14.5 Å². The van der Waals surface area contributed by atoms with Crippen LogP contribution in [0, 0.1) is 0 Å². The molecule has 0 atom stereocenters. The highest BCUT2D eigenvalue weighted by atomic mass is 32.1. The first-order valence-corrected chi connectivity index (χ1v) is 7.24. The van der Waals surface area contributed by atoms with E-state index < -0.39 is 0 Å². The number of esters is 1. The minimum atomic E-state index is -0.333. The summed E-state index contributed by atoms with van der Waals surface area (Å²) in [5.41, 5.74) is 0.828. The van der Waals surface area contributed by atoms with E-state index in [1.807, 2.05) is 30.3 Å². The summed E-state index contributed by atoms with van der Waals surface area (Å²) in [6.45, 7) is 0.390. The Balaban J connectivity index is 1.62. The van der Waals surface area contributed by atoms with Gasteiger partial charge in [-0.15, -0.1) is 21.5 Å². The van der Waals surface area contributed by atoms with Gasteiger partial charge < -0.3 is 13.9 Å². The van der Waals surface area contributed by atoms with Crippen molar-refractivity contribution in [3.8, 4) is 17.2 Å². The van der Waals surface area contributed by atoms with Gasteiger partial charge in [0.25, 0.3) is 0 Å². The molecule has 0 fully saturated rings. The Bertz CT molecular complexity index is 750. The molecule has 22 heavy (non-hydrogen) atoms. The van der Waals surface area contributed by atoms with E-state index in [0.29, 0.717) is 17.4 Å². The van der Waals surface area contributed by atoms with Crippen LogP contribution in [0.4, 0.5) is 0 Å². The van der Waals surface area contributed by atoms with Gasteiger partial charge in [-0.3, -0.25) is 0 Å². The van der Waals surface area contributed by atoms with E-state index in [4.69, 9.17) is 9.15 Å². The molecule has 2 heterocycles. The molecule has 112 valence electrons. The average molecular weight is 316 g/mol. The van der Waals surface area contributed by atoms with Gasteiger partial charge in [-0.1, -0.05) is 0 Å². The van der Waals surface area contributed by atoms with Crippen molar-refractivity contribution in [2.45, 2.75) is 6.61 Å². The second-order valence-electron chi connectivity index (χ2n) is 4.31. The molecule has 0 saturated carbocycles. The minimum Gasteiger partial charge on any atom is -0.488 e. The lowest BCUT2D eigenvalue weighted by atomic mass is 10.2. The average Bonchev–Trinajstić information content (AvgIpc) is 3.24. The molecule has 0 aliphatic rings. The Hall–Kier alpha value is -2.67. The number of thiophene rings is 1. The third kappa shape index (κ3) is 3.15. The molecule has 0 radical (unpaired) electrons. The maximum absolute atomic E-state index is 11.4. The number of nitrogens with zero attached hydrogens (tertiary/aromatic N) is 2. The van der Waals surface area contributed by atoms with E-state index in [0.717, 1.165) is 16.2 Å². The molecule has 1 aromatic carbocycles. The van der Waals surface area contributed by atoms with Gasteiger partial charge in [-0.05, 0) is 36.4 Å². The Kier molecular flexibility index (Phi) is 4.15. The zero-order valence-electron chi connectivity index (χ0n) is 11.7. The van der Waals surface area contributed by atoms with E-state index in [2.05, 4.69) is 14.9 Å². The first kappa shape index (κ1) is 14.3. The zero-order chi connectivity index (χ0) is 15.4. The van der Waals surface area contributed by atoms with Gasteiger partial charge in [0.15, 0.2) is 0 Å². The van der Waals surface area contributed by atoms with Crippen molar-refractivity contribution < 1.29 is 18.7 Å². The molecule has 0 saturated heterocycles. The van der Waals surface area contributed by atoms with Crippen LogP contribution >= 0.6 is 11.3 Å². The highest BCUT2D eigenvalue weighted by Crippen LogP contribution is 2.23. The predicted molar refractivity (Wildman–Crippen MR) is 79.7 cm³/mol. The largest absolute Gasteiger partial charge is 0.488 e. The molecule has 0 N–H and O–H groups in total. The van der Waals surface area contributed by atoms with Gasteiger partial charge >= 0.3 is 5.97 Å². The van der Waals surface area contributed by atoms with Crippen molar-refractivity contribution >= 4 is 17.3 Å². The molecule has 0 aliphatic carbocycles. The SMILES string of the molecule is COC(=O)c1ccc(COc2ccc(-c3nnco3)cc2)s1. The van der Waals surface area contributed by atoms with Crippen LogP contribution in [0.3, 0.4) is 0 Å². The third-order valence-corrected chi connectivity index (χ3v) is 3.93. The molecule has 0 unspecified atom stereocenters. The number of hydrogen-bond acceptors (Lipinski definition) is 7. The van der Waals surface area contributed by atoms with Crippen LogP contribution < -0.4 is 4.74 Å². The maximum atomic E-state index is 11.4. The number of aromatic nitrogens is 2. The van der Waals surface area contributed by atoms with Crippen LogP contribution in [0.5, 0.6) is 5.75 Å². The predicted octanol–water partition coefficient (Wildman–Crippen LogP) is 3.16. The number of methoxy groups -OCH3 is 1. The lowest BCUT2D eigenvalue weighted by Crippen LogP contribution is -1.97. The summed E-state index contributed by atoms with van der Waals surface area (Å²) in [6, 6.07) is 10.9. The van der Waals surface area contributed by atoms with Crippen LogP contribution in [-0.2, 0) is 11.3 Å². The molecule has 3 rings (SSSR count). The van der Waals surface area contributed by atoms with Gasteiger partial charge in [0.2, 0.25) is 12.3 Å². The first-order valence-electron chi connectivity index (χ1n) is 6.42. The van der Waals surface area contributed by atoms with E-state index in [-0.39, 0.29) is 5.97 Å². The Morgan fingerprint density at radius 3 is 2.73 bits per heavy atom. The van der Waals surface area contributed by atoms with Crippen molar-refractivity contribution in [1.82, 2.24) is 10.2 Å². The van der Waals surface area contributed by atoms with Crippen molar-refractivity contribution in [2.75, 3.05) is 7.11 Å². The number of ether oxygens (including phenoxy) is 2. The van der Waals surface area contributed by atoms with Crippen LogP contribution in [0.2, 0.25) is 0 Å². The second kappa shape index (κ2) is 6.40. The number of carbonyl (C=O) groups excluding carboxylic acids is 1. The third-order valence-electron chi connectivity index (χ3n) is 2.89. The van der Waals surface area contributed by atoms with Gasteiger partial charge in [0.1, 0.15) is 17.2 Å². The monoisotopic (exact) mass is 316 g/mol. The summed E-state index contributed by atoms with van der Waals surface area (Å²) in [6.07, 6.45) is 1.29. The van der Waals surface area contributed by atoms with Gasteiger partial charge in [0.05, 0.1) is 7.11 Å². The molecule has 0 spiro atoms. The fourth-order valence-electron chi connectivity index (χ4n) is 1.81. The zero-order valence-corrected chi connectivity index (χ0v) is 12.5. The fraction of sp³-hybridized carbons (Fsp3) is 0.133. The second-order valence-corrected chi connectivity index (χ2v) is 5.48. The topological polar surface area (TPSA) is 74.5 Å². The van der Waals surface area contributed by atoms with Gasteiger partial charge in [0, 0.05) is 10.4 Å².